The Balaban J connectivity index is 2.17. The molecule has 1 heterocycles. The first kappa shape index (κ1) is 13.8. The molecule has 3 unspecified atom stereocenters. The number of hydrogen-bond donors (Lipinski definition) is 1. The van der Waals surface area contributed by atoms with Gasteiger partial charge in [0.2, 0.25) is 0 Å². The molecular formula is C14H20ClFN2. The lowest BCUT2D eigenvalue weighted by atomic mass is 9.95. The van der Waals surface area contributed by atoms with Gasteiger partial charge in [0.25, 0.3) is 0 Å². The highest BCUT2D eigenvalue weighted by atomic mass is 35.5. The maximum atomic E-state index is 13.1. The van der Waals surface area contributed by atoms with Crippen LogP contribution < -0.4 is 5.73 Å². The van der Waals surface area contributed by atoms with E-state index in [-0.39, 0.29) is 11.9 Å². The predicted molar refractivity (Wildman–Crippen MR) is 73.2 cm³/mol. The van der Waals surface area contributed by atoms with E-state index in [9.17, 15) is 4.39 Å². The first-order chi connectivity index (χ1) is 8.49. The number of likely N-dealkylation sites (tertiary alicyclic amines) is 1. The number of halogens is 2. The topological polar surface area (TPSA) is 29.3 Å². The van der Waals surface area contributed by atoms with E-state index in [4.69, 9.17) is 17.3 Å². The number of rotatable bonds is 2. The first-order valence-corrected chi connectivity index (χ1v) is 6.83. The average molecular weight is 271 g/mol. The van der Waals surface area contributed by atoms with Gasteiger partial charge in [-0.25, -0.2) is 4.39 Å². The van der Waals surface area contributed by atoms with E-state index >= 15 is 0 Å². The molecule has 2 N–H and O–H groups in total. The summed E-state index contributed by atoms with van der Waals surface area (Å²) >= 11 is 6.13. The van der Waals surface area contributed by atoms with Gasteiger partial charge in [0, 0.05) is 29.7 Å². The molecule has 18 heavy (non-hydrogen) atoms. The maximum Gasteiger partial charge on any atom is 0.124 e. The molecule has 1 saturated heterocycles. The summed E-state index contributed by atoms with van der Waals surface area (Å²) in [5.74, 6) is -0.287. The monoisotopic (exact) mass is 270 g/mol. The normalized spacial score (nSPS) is 27.2. The van der Waals surface area contributed by atoms with Crippen LogP contribution in [0.1, 0.15) is 38.3 Å². The highest BCUT2D eigenvalue weighted by molar-refractivity contribution is 6.31. The van der Waals surface area contributed by atoms with Crippen LogP contribution in [0, 0.1) is 5.82 Å². The molecule has 1 aliphatic rings. The van der Waals surface area contributed by atoms with Crippen molar-refractivity contribution in [2.24, 2.45) is 5.73 Å². The van der Waals surface area contributed by atoms with Crippen LogP contribution in [0.4, 0.5) is 4.39 Å². The predicted octanol–water partition coefficient (Wildman–Crippen LogP) is 3.35. The zero-order chi connectivity index (χ0) is 13.3. The largest absolute Gasteiger partial charge is 0.328 e. The Morgan fingerprint density at radius 1 is 1.50 bits per heavy atom. The van der Waals surface area contributed by atoms with E-state index in [2.05, 4.69) is 18.7 Å². The molecule has 0 aliphatic carbocycles. The number of nitrogens with zero attached hydrogens (tertiary/aromatic N) is 1. The molecule has 3 atom stereocenters. The molecule has 100 valence electrons. The third kappa shape index (κ3) is 2.85. The number of nitrogens with two attached hydrogens (primary N) is 1. The lowest BCUT2D eigenvalue weighted by Gasteiger charge is -2.40. The fraction of sp³-hybridized carbons (Fsp3) is 0.571. The Bertz CT molecular complexity index is 424. The second-order valence-corrected chi connectivity index (χ2v) is 5.62. The van der Waals surface area contributed by atoms with Gasteiger partial charge in [-0.2, -0.15) is 0 Å². The van der Waals surface area contributed by atoms with Crippen LogP contribution in [0.15, 0.2) is 18.2 Å². The summed E-state index contributed by atoms with van der Waals surface area (Å²) in [4.78, 5) is 2.39. The summed E-state index contributed by atoms with van der Waals surface area (Å²) in [6.45, 7) is 5.27. The van der Waals surface area contributed by atoms with Crippen molar-refractivity contribution in [3.63, 3.8) is 0 Å². The quantitative estimate of drug-likeness (QED) is 0.893. The van der Waals surface area contributed by atoms with Gasteiger partial charge in [-0.15, -0.1) is 0 Å². The molecule has 2 nitrogen and oxygen atoms in total. The van der Waals surface area contributed by atoms with Gasteiger partial charge in [0.15, 0.2) is 0 Å². The van der Waals surface area contributed by atoms with Gasteiger partial charge in [0.1, 0.15) is 5.82 Å². The van der Waals surface area contributed by atoms with Crippen molar-refractivity contribution in [3.05, 3.63) is 34.6 Å². The number of hydrogen-bond acceptors (Lipinski definition) is 2. The van der Waals surface area contributed by atoms with Crippen molar-refractivity contribution in [1.82, 2.24) is 4.90 Å². The third-order valence-corrected chi connectivity index (χ3v) is 4.21. The lowest BCUT2D eigenvalue weighted by Crippen LogP contribution is -2.46. The number of benzene rings is 1. The van der Waals surface area contributed by atoms with E-state index in [1.54, 1.807) is 6.07 Å². The molecule has 0 saturated carbocycles. The summed E-state index contributed by atoms with van der Waals surface area (Å²) < 4.78 is 13.1. The van der Waals surface area contributed by atoms with E-state index in [0.717, 1.165) is 24.9 Å². The van der Waals surface area contributed by atoms with Gasteiger partial charge in [-0.3, -0.25) is 4.90 Å². The fourth-order valence-electron chi connectivity index (χ4n) is 2.82. The minimum Gasteiger partial charge on any atom is -0.328 e. The zero-order valence-corrected chi connectivity index (χ0v) is 11.6. The molecule has 1 fully saturated rings. The maximum absolute atomic E-state index is 13.1. The summed E-state index contributed by atoms with van der Waals surface area (Å²) in [6, 6.07) is 5.56. The standard InChI is InChI=1S/C14H20ClFN2/c1-9-7-12(17)5-6-18(9)10(2)13-4-3-11(16)8-14(13)15/h3-4,8-10,12H,5-7,17H2,1-2H3. The molecule has 0 aromatic heterocycles. The Morgan fingerprint density at radius 2 is 2.22 bits per heavy atom. The molecule has 1 aromatic rings. The van der Waals surface area contributed by atoms with Gasteiger partial charge >= 0.3 is 0 Å². The van der Waals surface area contributed by atoms with Crippen LogP contribution in [0.25, 0.3) is 0 Å². The second kappa shape index (κ2) is 5.55. The van der Waals surface area contributed by atoms with Crippen molar-refractivity contribution in [2.45, 2.75) is 44.8 Å². The third-order valence-electron chi connectivity index (χ3n) is 3.88. The van der Waals surface area contributed by atoms with E-state index in [1.807, 2.05) is 0 Å². The van der Waals surface area contributed by atoms with Crippen molar-refractivity contribution >= 4 is 11.6 Å². The van der Waals surface area contributed by atoms with Crippen LogP contribution in [0.3, 0.4) is 0 Å². The van der Waals surface area contributed by atoms with Gasteiger partial charge in [0.05, 0.1) is 0 Å². The first-order valence-electron chi connectivity index (χ1n) is 6.45. The lowest BCUT2D eigenvalue weighted by molar-refractivity contribution is 0.104. The number of piperidine rings is 1. The van der Waals surface area contributed by atoms with E-state index in [0.29, 0.717) is 17.1 Å². The molecule has 0 spiro atoms. The van der Waals surface area contributed by atoms with Crippen molar-refractivity contribution in [3.8, 4) is 0 Å². The molecule has 0 amide bonds. The van der Waals surface area contributed by atoms with E-state index in [1.165, 1.54) is 12.1 Å². The van der Waals surface area contributed by atoms with Crippen LogP contribution in [0.2, 0.25) is 5.02 Å². The average Bonchev–Trinajstić information content (AvgIpc) is 2.28. The van der Waals surface area contributed by atoms with Crippen molar-refractivity contribution in [1.29, 1.82) is 0 Å². The Morgan fingerprint density at radius 3 is 2.83 bits per heavy atom. The fourth-order valence-corrected chi connectivity index (χ4v) is 3.15. The van der Waals surface area contributed by atoms with Gasteiger partial charge < -0.3 is 5.73 Å². The van der Waals surface area contributed by atoms with Crippen LogP contribution >= 0.6 is 11.6 Å². The minimum absolute atomic E-state index is 0.195. The SMILES string of the molecule is CC1CC(N)CCN1C(C)c1ccc(F)cc1Cl. The van der Waals surface area contributed by atoms with Crippen LogP contribution in [-0.4, -0.2) is 23.5 Å². The molecule has 4 heteroatoms. The van der Waals surface area contributed by atoms with Gasteiger partial charge in [-0.1, -0.05) is 17.7 Å². The zero-order valence-electron chi connectivity index (χ0n) is 10.9. The summed E-state index contributed by atoms with van der Waals surface area (Å²) in [7, 11) is 0. The molecule has 0 radical (unpaired) electrons. The van der Waals surface area contributed by atoms with Crippen molar-refractivity contribution in [2.75, 3.05) is 6.54 Å². The minimum atomic E-state index is -0.287. The highest BCUT2D eigenvalue weighted by Crippen LogP contribution is 2.32. The second-order valence-electron chi connectivity index (χ2n) is 5.21. The molecule has 1 aromatic carbocycles. The van der Waals surface area contributed by atoms with Crippen molar-refractivity contribution < 1.29 is 4.39 Å². The molecule has 2 rings (SSSR count). The summed E-state index contributed by atoms with van der Waals surface area (Å²) in [5.41, 5.74) is 6.96. The molecule has 0 bridgehead atoms. The highest BCUT2D eigenvalue weighted by Gasteiger charge is 2.28. The van der Waals surface area contributed by atoms with E-state index < -0.39 is 0 Å². The smallest absolute Gasteiger partial charge is 0.124 e. The van der Waals surface area contributed by atoms with Gasteiger partial charge in [-0.05, 0) is 44.4 Å². The summed E-state index contributed by atoms with van der Waals surface area (Å²) in [5, 5.41) is 0.504. The Kier molecular flexibility index (Phi) is 4.25. The van der Waals surface area contributed by atoms with Crippen LogP contribution in [-0.2, 0) is 0 Å². The summed E-state index contributed by atoms with van der Waals surface area (Å²) in [6.07, 6.45) is 2.01. The Labute approximate surface area is 113 Å². The van der Waals surface area contributed by atoms with Crippen LogP contribution in [0.5, 0.6) is 0 Å². The molecular weight excluding hydrogens is 251 g/mol. The Hall–Kier alpha value is -0.640. The molecule has 1 aliphatic heterocycles.